The fraction of sp³-hybridized carbons (Fsp3) is 0.519. The molecule has 1 N–H and O–H groups in total. The first kappa shape index (κ1) is 23.6. The van der Waals surface area contributed by atoms with Gasteiger partial charge in [0.15, 0.2) is 11.9 Å². The van der Waals surface area contributed by atoms with Gasteiger partial charge in [-0.1, -0.05) is 11.6 Å². The Morgan fingerprint density at radius 2 is 1.94 bits per heavy atom. The monoisotopic (exact) mass is 509 g/mol. The van der Waals surface area contributed by atoms with Crippen LogP contribution in [-0.4, -0.2) is 52.1 Å². The van der Waals surface area contributed by atoms with Gasteiger partial charge < -0.3 is 19.6 Å². The molecular weight excluding hydrogens is 478 g/mol. The number of aromatic carboxylic acids is 1. The average Bonchev–Trinajstić information content (AvgIpc) is 3.32. The Bertz CT molecular complexity index is 1310. The summed E-state index contributed by atoms with van der Waals surface area (Å²) in [6.07, 6.45) is 9.29. The van der Waals surface area contributed by atoms with Crippen LogP contribution in [0.1, 0.15) is 72.1 Å². The van der Waals surface area contributed by atoms with Gasteiger partial charge in [0, 0.05) is 42.9 Å². The van der Waals surface area contributed by atoms with Crippen LogP contribution in [0.15, 0.2) is 18.3 Å². The maximum atomic E-state index is 12.0. The number of carboxylic acid groups (broad SMARTS) is 1. The lowest BCUT2D eigenvalue weighted by atomic mass is 9.98. The van der Waals surface area contributed by atoms with Crippen molar-refractivity contribution in [3.63, 3.8) is 0 Å². The Morgan fingerprint density at radius 1 is 1.11 bits per heavy atom. The van der Waals surface area contributed by atoms with Gasteiger partial charge in [-0.15, -0.1) is 0 Å². The fourth-order valence-corrected chi connectivity index (χ4v) is 6.24. The minimum Gasteiger partial charge on any atom is -0.477 e. The summed E-state index contributed by atoms with van der Waals surface area (Å²) in [4.78, 5) is 21.2. The van der Waals surface area contributed by atoms with E-state index in [0.29, 0.717) is 11.6 Å². The van der Waals surface area contributed by atoms with Gasteiger partial charge in [-0.25, -0.2) is 14.5 Å². The Balaban J connectivity index is 1.41. The van der Waals surface area contributed by atoms with E-state index in [2.05, 4.69) is 20.9 Å². The lowest BCUT2D eigenvalue weighted by Gasteiger charge is -2.36. The lowest BCUT2D eigenvalue weighted by Crippen LogP contribution is -2.36. The van der Waals surface area contributed by atoms with Crippen LogP contribution < -0.4 is 9.80 Å². The number of fused-ring (bicyclic) bond motifs is 2. The molecule has 0 saturated carbocycles. The van der Waals surface area contributed by atoms with E-state index < -0.39 is 5.97 Å². The Kier molecular flexibility index (Phi) is 6.25. The van der Waals surface area contributed by atoms with E-state index in [9.17, 15) is 9.90 Å². The highest BCUT2D eigenvalue weighted by Gasteiger charge is 2.29. The molecule has 6 rings (SSSR count). The summed E-state index contributed by atoms with van der Waals surface area (Å²) in [6.45, 7) is 6.01. The molecule has 1 aromatic carbocycles. The van der Waals surface area contributed by atoms with Crippen molar-refractivity contribution >= 4 is 39.8 Å². The molecule has 0 bridgehead atoms. The van der Waals surface area contributed by atoms with Gasteiger partial charge >= 0.3 is 5.97 Å². The molecule has 9 heteroatoms. The molecule has 3 aliphatic heterocycles. The highest BCUT2D eigenvalue weighted by Crippen LogP contribution is 2.41. The van der Waals surface area contributed by atoms with Gasteiger partial charge in [0.25, 0.3) is 0 Å². The molecule has 8 nitrogen and oxygen atoms in total. The number of aromatic nitrogens is 3. The number of piperidine rings is 1. The summed E-state index contributed by atoms with van der Waals surface area (Å²) in [7, 11) is 0. The third-order valence-corrected chi connectivity index (χ3v) is 8.29. The number of rotatable bonds is 4. The van der Waals surface area contributed by atoms with Crippen molar-refractivity contribution in [2.75, 3.05) is 36.0 Å². The highest BCUT2D eigenvalue weighted by atomic mass is 35.5. The van der Waals surface area contributed by atoms with E-state index in [1.807, 2.05) is 17.8 Å². The average molecular weight is 510 g/mol. The summed E-state index contributed by atoms with van der Waals surface area (Å²) < 4.78 is 8.02. The normalized spacial score (nSPS) is 20.6. The number of anilines is 2. The zero-order valence-electron chi connectivity index (χ0n) is 20.7. The van der Waals surface area contributed by atoms with Crippen LogP contribution in [0.2, 0.25) is 5.02 Å². The molecule has 0 radical (unpaired) electrons. The standard InChI is InChI=1S/C27H32ClN5O3/c1-17-13-23-19(15-29-33(23)24-7-3-6-12-36-24)26(25(17)28)32-11-8-18-21(16-32)30-20(27(34)35)14-22(18)31-9-4-2-5-10-31/h13-15,24H,2-12,16H2,1H3,(H,34,35). The molecule has 0 spiro atoms. The van der Waals surface area contributed by atoms with Gasteiger partial charge in [-0.3, -0.25) is 0 Å². The molecular formula is C27H32ClN5O3. The van der Waals surface area contributed by atoms with E-state index >= 15 is 0 Å². The van der Waals surface area contributed by atoms with Gasteiger partial charge in [-0.2, -0.15) is 5.10 Å². The number of ether oxygens (including phenoxy) is 1. The van der Waals surface area contributed by atoms with Crippen LogP contribution in [0.4, 0.5) is 11.4 Å². The van der Waals surface area contributed by atoms with Crippen molar-refractivity contribution in [1.82, 2.24) is 14.8 Å². The SMILES string of the molecule is Cc1cc2c(cnn2C2CCCCO2)c(N2CCc3c(N4CCCCC4)cc(C(=O)O)nc3C2)c1Cl. The summed E-state index contributed by atoms with van der Waals surface area (Å²) in [5.41, 5.74) is 6.11. The van der Waals surface area contributed by atoms with Crippen LogP contribution in [0.5, 0.6) is 0 Å². The van der Waals surface area contributed by atoms with Gasteiger partial charge in [-0.05, 0) is 69.6 Å². The summed E-state index contributed by atoms with van der Waals surface area (Å²) >= 11 is 6.93. The lowest BCUT2D eigenvalue weighted by molar-refractivity contribution is -0.0366. The number of nitrogens with zero attached hydrogens (tertiary/aromatic N) is 5. The van der Waals surface area contributed by atoms with Crippen LogP contribution >= 0.6 is 11.6 Å². The number of carbonyl (C=O) groups is 1. The maximum Gasteiger partial charge on any atom is 0.354 e. The van der Waals surface area contributed by atoms with Crippen molar-refractivity contribution in [2.24, 2.45) is 0 Å². The zero-order valence-corrected chi connectivity index (χ0v) is 21.4. The molecule has 1 atom stereocenters. The molecule has 0 amide bonds. The molecule has 2 saturated heterocycles. The quantitative estimate of drug-likeness (QED) is 0.508. The summed E-state index contributed by atoms with van der Waals surface area (Å²) in [5.74, 6) is -0.988. The van der Waals surface area contributed by atoms with Gasteiger partial charge in [0.05, 0.1) is 34.7 Å². The molecule has 5 heterocycles. The zero-order chi connectivity index (χ0) is 24.8. The van der Waals surface area contributed by atoms with E-state index in [0.717, 1.165) is 98.3 Å². The van der Waals surface area contributed by atoms with Crippen molar-refractivity contribution in [3.05, 3.63) is 45.9 Å². The van der Waals surface area contributed by atoms with Crippen LogP contribution in [-0.2, 0) is 17.7 Å². The molecule has 190 valence electrons. The number of aryl methyl sites for hydroxylation is 1. The van der Waals surface area contributed by atoms with Crippen molar-refractivity contribution in [2.45, 2.75) is 64.6 Å². The first-order valence-corrected chi connectivity index (χ1v) is 13.4. The van der Waals surface area contributed by atoms with E-state index in [4.69, 9.17) is 21.4 Å². The molecule has 0 aliphatic carbocycles. The van der Waals surface area contributed by atoms with Crippen molar-refractivity contribution in [1.29, 1.82) is 0 Å². The predicted molar refractivity (Wildman–Crippen MR) is 140 cm³/mol. The number of pyridine rings is 1. The summed E-state index contributed by atoms with van der Waals surface area (Å²) in [5, 5.41) is 16.2. The minimum atomic E-state index is -0.988. The van der Waals surface area contributed by atoms with Crippen LogP contribution in [0, 0.1) is 6.92 Å². The predicted octanol–water partition coefficient (Wildman–Crippen LogP) is 5.34. The topological polar surface area (TPSA) is 83.7 Å². The second-order valence-electron chi connectivity index (χ2n) is 10.2. The Morgan fingerprint density at radius 3 is 2.69 bits per heavy atom. The highest BCUT2D eigenvalue weighted by molar-refractivity contribution is 6.35. The molecule has 3 aromatic rings. The van der Waals surface area contributed by atoms with E-state index in [1.165, 1.54) is 12.0 Å². The number of hydrogen-bond donors (Lipinski definition) is 1. The van der Waals surface area contributed by atoms with Crippen molar-refractivity contribution in [3.8, 4) is 0 Å². The molecule has 3 aliphatic rings. The van der Waals surface area contributed by atoms with Crippen LogP contribution in [0.3, 0.4) is 0 Å². The first-order valence-electron chi connectivity index (χ1n) is 13.0. The second kappa shape index (κ2) is 9.56. The molecule has 2 fully saturated rings. The van der Waals surface area contributed by atoms with Crippen LogP contribution in [0.25, 0.3) is 10.9 Å². The van der Waals surface area contributed by atoms with E-state index in [1.54, 1.807) is 6.07 Å². The molecule has 1 unspecified atom stereocenters. The largest absolute Gasteiger partial charge is 0.477 e. The fourth-order valence-electron chi connectivity index (χ4n) is 5.96. The molecule has 36 heavy (non-hydrogen) atoms. The van der Waals surface area contributed by atoms with Gasteiger partial charge in [0.1, 0.15) is 0 Å². The number of halogens is 1. The maximum absolute atomic E-state index is 12.0. The number of carboxylic acids is 1. The number of hydrogen-bond acceptors (Lipinski definition) is 6. The molecule has 2 aromatic heterocycles. The second-order valence-corrected chi connectivity index (χ2v) is 10.6. The smallest absolute Gasteiger partial charge is 0.354 e. The third-order valence-electron chi connectivity index (χ3n) is 7.82. The Labute approximate surface area is 215 Å². The third kappa shape index (κ3) is 4.10. The van der Waals surface area contributed by atoms with E-state index in [-0.39, 0.29) is 11.9 Å². The van der Waals surface area contributed by atoms with Gasteiger partial charge in [0.2, 0.25) is 0 Å². The first-order chi connectivity index (χ1) is 17.5. The van der Waals surface area contributed by atoms with Crippen molar-refractivity contribution < 1.29 is 14.6 Å². The Hall–Kier alpha value is -2.84. The summed E-state index contributed by atoms with van der Waals surface area (Å²) in [6, 6.07) is 3.87. The minimum absolute atomic E-state index is 0.0568. The number of benzene rings is 1.